The molecule has 4 unspecified atom stereocenters. The summed E-state index contributed by atoms with van der Waals surface area (Å²) in [4.78, 5) is 12.6. The zero-order valence-electron chi connectivity index (χ0n) is 44.2. The molecular weight excluding hydrogens is 815 g/mol. The van der Waals surface area contributed by atoms with E-state index < -0.39 is 36.9 Å². The Hall–Kier alpha value is -1.47. The highest BCUT2D eigenvalue weighted by molar-refractivity contribution is 5.80. The Bertz CT molecular complexity index is 1040. The summed E-state index contributed by atoms with van der Waals surface area (Å²) in [6.07, 6.45) is 68.0. The lowest BCUT2D eigenvalue weighted by Gasteiger charge is -2.27. The molecule has 0 aromatic rings. The van der Waals surface area contributed by atoms with Crippen LogP contribution in [0.4, 0.5) is 0 Å². The molecule has 66 heavy (non-hydrogen) atoms. The fourth-order valence-electron chi connectivity index (χ4n) is 9.20. The van der Waals surface area contributed by atoms with Gasteiger partial charge in [-0.25, -0.2) is 0 Å². The van der Waals surface area contributed by atoms with Gasteiger partial charge in [0.05, 0.1) is 18.8 Å². The maximum atomic E-state index is 12.6. The van der Waals surface area contributed by atoms with E-state index in [2.05, 4.69) is 55.6 Å². The first kappa shape index (κ1) is 64.5. The first-order chi connectivity index (χ1) is 32.5. The van der Waals surface area contributed by atoms with Crippen LogP contribution >= 0.6 is 0 Å². The first-order valence-electron chi connectivity index (χ1n) is 29.4. The Morgan fingerprint density at radius 1 is 0.364 bits per heavy atom. The van der Waals surface area contributed by atoms with Crippen LogP contribution in [-0.4, -0.2) is 57.3 Å². The van der Waals surface area contributed by atoms with Gasteiger partial charge in [0, 0.05) is 0 Å². The van der Waals surface area contributed by atoms with Gasteiger partial charge in [-0.15, -0.1) is 0 Å². The molecule has 0 aliphatic heterocycles. The third-order valence-corrected chi connectivity index (χ3v) is 13.8. The van der Waals surface area contributed by atoms with E-state index in [4.69, 9.17) is 0 Å². The van der Waals surface area contributed by atoms with Gasteiger partial charge in [0.2, 0.25) is 5.91 Å². The maximum absolute atomic E-state index is 12.6. The number of amides is 1. The van der Waals surface area contributed by atoms with Crippen molar-refractivity contribution in [1.82, 2.24) is 5.32 Å². The van der Waals surface area contributed by atoms with Crippen molar-refractivity contribution in [1.29, 1.82) is 0 Å². The molecule has 0 bridgehead atoms. The molecule has 0 saturated carbocycles. The molecule has 1 amide bonds. The van der Waals surface area contributed by atoms with Crippen LogP contribution in [0, 0.1) is 0 Å². The average molecular weight is 931 g/mol. The van der Waals surface area contributed by atoms with Crippen molar-refractivity contribution in [3.05, 3.63) is 36.5 Å². The van der Waals surface area contributed by atoms with Gasteiger partial charge >= 0.3 is 0 Å². The summed E-state index contributed by atoms with van der Waals surface area (Å²) in [5, 5.41) is 44.0. The van der Waals surface area contributed by atoms with Crippen molar-refractivity contribution in [3.8, 4) is 0 Å². The minimum absolute atomic E-state index is 0.362. The Labute approximate surface area is 411 Å². The van der Waals surface area contributed by atoms with Crippen molar-refractivity contribution in [2.75, 3.05) is 6.61 Å². The van der Waals surface area contributed by atoms with Crippen LogP contribution in [0.5, 0.6) is 0 Å². The lowest BCUT2D eigenvalue weighted by molar-refractivity contribution is -0.132. The summed E-state index contributed by atoms with van der Waals surface area (Å²) >= 11 is 0. The number of hydrogen-bond donors (Lipinski definition) is 5. The van der Waals surface area contributed by atoms with Crippen molar-refractivity contribution < 1.29 is 25.2 Å². The van der Waals surface area contributed by atoms with E-state index in [1.165, 1.54) is 225 Å². The summed E-state index contributed by atoms with van der Waals surface area (Å²) in [6.45, 7) is 4.07. The van der Waals surface area contributed by atoms with Gasteiger partial charge in [0.15, 0.2) is 0 Å². The van der Waals surface area contributed by atoms with Crippen molar-refractivity contribution in [2.45, 2.75) is 334 Å². The molecule has 5 N–H and O–H groups in total. The monoisotopic (exact) mass is 930 g/mol. The number of rotatable bonds is 54. The van der Waals surface area contributed by atoms with Gasteiger partial charge in [0.1, 0.15) is 12.2 Å². The molecule has 6 heteroatoms. The molecule has 0 aliphatic rings. The number of aliphatic hydroxyl groups excluding tert-OH is 4. The maximum Gasteiger partial charge on any atom is 0.249 e. The van der Waals surface area contributed by atoms with Crippen molar-refractivity contribution in [2.24, 2.45) is 0 Å². The van der Waals surface area contributed by atoms with Crippen molar-refractivity contribution in [3.63, 3.8) is 0 Å². The lowest BCUT2D eigenvalue weighted by atomic mass is 10.00. The quantitative estimate of drug-likeness (QED) is 0.0308. The molecule has 0 rings (SSSR count). The van der Waals surface area contributed by atoms with Gasteiger partial charge in [-0.2, -0.15) is 0 Å². The van der Waals surface area contributed by atoms with Crippen LogP contribution in [-0.2, 0) is 4.79 Å². The van der Waals surface area contributed by atoms with E-state index in [1.54, 1.807) is 0 Å². The molecular formula is C60H115NO5. The normalized spacial score (nSPS) is 14.0. The summed E-state index contributed by atoms with van der Waals surface area (Å²) < 4.78 is 0. The van der Waals surface area contributed by atoms with E-state index in [9.17, 15) is 25.2 Å². The van der Waals surface area contributed by atoms with Gasteiger partial charge in [0.25, 0.3) is 0 Å². The van der Waals surface area contributed by atoms with E-state index in [0.717, 1.165) is 51.4 Å². The molecule has 0 aliphatic carbocycles. The molecule has 0 fully saturated rings. The summed E-state index contributed by atoms with van der Waals surface area (Å²) in [5.74, 6) is -0.594. The van der Waals surface area contributed by atoms with Crippen LogP contribution in [0.3, 0.4) is 0 Å². The molecule has 0 aromatic heterocycles. The third kappa shape index (κ3) is 47.6. The van der Waals surface area contributed by atoms with E-state index in [0.29, 0.717) is 19.3 Å². The third-order valence-electron chi connectivity index (χ3n) is 13.8. The van der Waals surface area contributed by atoms with E-state index >= 15 is 0 Å². The Kier molecular flexibility index (Phi) is 53.3. The molecule has 6 nitrogen and oxygen atoms in total. The summed E-state index contributed by atoms with van der Waals surface area (Å²) in [6, 6.07) is -1.01. The zero-order chi connectivity index (χ0) is 48.1. The molecule has 0 heterocycles. The molecule has 0 saturated heterocycles. The Morgan fingerprint density at radius 2 is 0.636 bits per heavy atom. The van der Waals surface area contributed by atoms with Crippen LogP contribution < -0.4 is 5.32 Å². The highest BCUT2D eigenvalue weighted by Gasteiger charge is 2.28. The van der Waals surface area contributed by atoms with E-state index in [-0.39, 0.29) is 0 Å². The molecule has 4 atom stereocenters. The fraction of sp³-hybridized carbons (Fsp3) is 0.883. The SMILES string of the molecule is CCCCCCCCCCC/C=C/CC/C=C/CC/C=C/CCCC(O)C(O)C(CO)NC(=O)C(O)CCCCCCCCCCCCCCCCCCCCCCCCCCCCCC. The number of allylic oxidation sites excluding steroid dienone is 6. The summed E-state index contributed by atoms with van der Waals surface area (Å²) in [7, 11) is 0. The predicted molar refractivity (Wildman–Crippen MR) is 288 cm³/mol. The molecule has 0 radical (unpaired) electrons. The van der Waals surface area contributed by atoms with Crippen LogP contribution in [0.15, 0.2) is 36.5 Å². The van der Waals surface area contributed by atoms with Crippen LogP contribution in [0.1, 0.15) is 309 Å². The minimum Gasteiger partial charge on any atom is -0.394 e. The second-order valence-corrected chi connectivity index (χ2v) is 20.3. The summed E-state index contributed by atoms with van der Waals surface area (Å²) in [5.41, 5.74) is 0. The molecule has 0 aromatic carbocycles. The highest BCUT2D eigenvalue weighted by Crippen LogP contribution is 2.18. The molecule has 390 valence electrons. The van der Waals surface area contributed by atoms with Gasteiger partial charge in [-0.3, -0.25) is 4.79 Å². The van der Waals surface area contributed by atoms with Crippen LogP contribution in [0.25, 0.3) is 0 Å². The van der Waals surface area contributed by atoms with Crippen LogP contribution in [0.2, 0.25) is 0 Å². The lowest BCUT2D eigenvalue weighted by Crippen LogP contribution is -2.53. The second kappa shape index (κ2) is 54.5. The predicted octanol–water partition coefficient (Wildman–Crippen LogP) is 17.2. The minimum atomic E-state index is -1.29. The Morgan fingerprint density at radius 3 is 0.955 bits per heavy atom. The number of unbranched alkanes of at least 4 members (excludes halogenated alkanes) is 39. The average Bonchev–Trinajstić information content (AvgIpc) is 3.32. The topological polar surface area (TPSA) is 110 Å². The second-order valence-electron chi connectivity index (χ2n) is 20.3. The number of hydrogen-bond acceptors (Lipinski definition) is 5. The fourth-order valence-corrected chi connectivity index (χ4v) is 9.20. The molecule has 0 spiro atoms. The standard InChI is InChI=1S/C60H115NO5/c1-3-5-7-9-11-13-15-17-19-21-23-25-27-28-29-30-31-32-34-36-38-40-42-44-46-48-50-52-54-58(64)60(66)61-56(55-62)59(65)57(63)53-51-49-47-45-43-41-39-37-35-33-26-24-22-20-18-16-14-12-10-8-6-4-2/h24,26,37,39,45,47,56-59,62-65H,3-23,25,27-36,38,40-44,46,48-55H2,1-2H3,(H,61,66)/b26-24+,39-37+,47-45+. The van der Waals surface area contributed by atoms with Gasteiger partial charge < -0.3 is 25.7 Å². The highest BCUT2D eigenvalue weighted by atomic mass is 16.3. The Balaban J connectivity index is 3.65. The van der Waals surface area contributed by atoms with Crippen molar-refractivity contribution >= 4 is 5.91 Å². The van der Waals surface area contributed by atoms with Gasteiger partial charge in [-0.05, 0) is 64.2 Å². The van der Waals surface area contributed by atoms with Gasteiger partial charge in [-0.1, -0.05) is 281 Å². The first-order valence-corrected chi connectivity index (χ1v) is 29.4. The van der Waals surface area contributed by atoms with E-state index in [1.807, 2.05) is 0 Å². The number of carbonyl (C=O) groups is 1. The number of aliphatic hydroxyl groups is 4. The zero-order valence-corrected chi connectivity index (χ0v) is 44.2. The number of nitrogens with one attached hydrogen (secondary N) is 1. The largest absolute Gasteiger partial charge is 0.394 e. The number of carbonyl (C=O) groups excluding carboxylic acids is 1. The smallest absolute Gasteiger partial charge is 0.249 e.